The third kappa shape index (κ3) is 2.94. The lowest BCUT2D eigenvalue weighted by Gasteiger charge is -2.31. The average Bonchev–Trinajstić information content (AvgIpc) is 3.01. The molecular weight excluding hydrogens is 234 g/mol. The van der Waals surface area contributed by atoms with Crippen LogP contribution in [0.25, 0.3) is 0 Å². The number of nitrogens with one attached hydrogen (secondary N) is 1. The van der Waals surface area contributed by atoms with Gasteiger partial charge in [-0.25, -0.2) is 0 Å². The van der Waals surface area contributed by atoms with Gasteiger partial charge in [0.15, 0.2) is 0 Å². The van der Waals surface area contributed by atoms with Gasteiger partial charge in [0.05, 0.1) is 0 Å². The Morgan fingerprint density at radius 3 is 2.53 bits per heavy atom. The first kappa shape index (κ1) is 13.0. The molecule has 2 unspecified atom stereocenters. The van der Waals surface area contributed by atoms with E-state index in [1.54, 1.807) is 0 Å². The number of hydrogen-bond donors (Lipinski definition) is 2. The number of fused-ring (bicyclic) bond motifs is 1. The van der Waals surface area contributed by atoms with Gasteiger partial charge in [-0.1, -0.05) is 19.1 Å². The van der Waals surface area contributed by atoms with E-state index in [4.69, 9.17) is 0 Å². The highest BCUT2D eigenvalue weighted by molar-refractivity contribution is 5.27. The highest BCUT2D eigenvalue weighted by Crippen LogP contribution is 2.60. The largest absolute Gasteiger partial charge is 0.508 e. The second-order valence-electron chi connectivity index (χ2n) is 6.68. The van der Waals surface area contributed by atoms with Gasteiger partial charge in [-0.3, -0.25) is 0 Å². The zero-order valence-electron chi connectivity index (χ0n) is 11.9. The summed E-state index contributed by atoms with van der Waals surface area (Å²) in [5.41, 5.74) is 1.84. The Morgan fingerprint density at radius 1 is 1.21 bits per heavy atom. The molecule has 0 spiro atoms. The third-order valence-corrected chi connectivity index (χ3v) is 4.90. The van der Waals surface area contributed by atoms with Gasteiger partial charge in [-0.2, -0.15) is 0 Å². The van der Waals surface area contributed by atoms with Crippen LogP contribution in [0, 0.1) is 17.3 Å². The van der Waals surface area contributed by atoms with Crippen molar-refractivity contribution in [2.45, 2.75) is 39.0 Å². The maximum atomic E-state index is 9.39. The lowest BCUT2D eigenvalue weighted by atomic mass is 9.77. The van der Waals surface area contributed by atoms with Gasteiger partial charge < -0.3 is 10.4 Å². The maximum Gasteiger partial charge on any atom is 0.115 e. The summed E-state index contributed by atoms with van der Waals surface area (Å²) >= 11 is 0. The van der Waals surface area contributed by atoms with Crippen LogP contribution in [0.3, 0.4) is 0 Å². The van der Waals surface area contributed by atoms with Crippen molar-refractivity contribution in [2.24, 2.45) is 17.3 Å². The number of rotatable bonds is 6. The van der Waals surface area contributed by atoms with E-state index in [1.807, 2.05) is 12.1 Å². The Morgan fingerprint density at radius 2 is 1.89 bits per heavy atom. The Hall–Kier alpha value is -1.02. The van der Waals surface area contributed by atoms with E-state index in [9.17, 15) is 5.11 Å². The van der Waals surface area contributed by atoms with Crippen molar-refractivity contribution in [3.05, 3.63) is 29.8 Å². The minimum Gasteiger partial charge on any atom is -0.508 e. The molecule has 104 valence electrons. The smallest absolute Gasteiger partial charge is 0.115 e. The first-order valence-corrected chi connectivity index (χ1v) is 7.69. The van der Waals surface area contributed by atoms with Crippen molar-refractivity contribution in [1.29, 1.82) is 0 Å². The van der Waals surface area contributed by atoms with E-state index in [1.165, 1.54) is 31.2 Å². The minimum atomic E-state index is 0.371. The fourth-order valence-electron chi connectivity index (χ4n) is 3.93. The number of phenolic OH excluding ortho intramolecular Hbond substituents is 1. The SMILES string of the molecule is CCCNCC1(Cc2ccc(O)cc2)CC2CC2C1. The predicted octanol–water partition coefficient (Wildman–Crippen LogP) is 3.35. The van der Waals surface area contributed by atoms with Crippen LogP contribution in [0.4, 0.5) is 0 Å². The monoisotopic (exact) mass is 259 g/mol. The van der Waals surface area contributed by atoms with Crippen molar-refractivity contribution < 1.29 is 5.11 Å². The molecule has 2 saturated carbocycles. The zero-order chi connectivity index (χ0) is 13.3. The molecule has 2 aliphatic carbocycles. The Labute approximate surface area is 116 Å². The van der Waals surface area contributed by atoms with E-state index in [0.717, 1.165) is 31.3 Å². The summed E-state index contributed by atoms with van der Waals surface area (Å²) in [6.45, 7) is 4.52. The molecule has 2 heteroatoms. The van der Waals surface area contributed by atoms with Crippen molar-refractivity contribution in [1.82, 2.24) is 5.32 Å². The van der Waals surface area contributed by atoms with Crippen molar-refractivity contribution >= 4 is 0 Å². The van der Waals surface area contributed by atoms with Crippen LogP contribution in [0.1, 0.15) is 38.2 Å². The molecule has 0 heterocycles. The summed E-state index contributed by atoms with van der Waals surface area (Å²) < 4.78 is 0. The molecule has 0 amide bonds. The van der Waals surface area contributed by atoms with Crippen LogP contribution < -0.4 is 5.32 Å². The molecule has 0 aliphatic heterocycles. The van der Waals surface area contributed by atoms with E-state index in [2.05, 4.69) is 24.4 Å². The summed E-state index contributed by atoms with van der Waals surface area (Å²) in [7, 11) is 0. The molecular formula is C17H25NO. The van der Waals surface area contributed by atoms with Gasteiger partial charge in [0.1, 0.15) is 5.75 Å². The number of hydrogen-bond acceptors (Lipinski definition) is 2. The van der Waals surface area contributed by atoms with E-state index >= 15 is 0 Å². The van der Waals surface area contributed by atoms with Gasteiger partial charge in [-0.15, -0.1) is 0 Å². The number of aromatic hydroxyl groups is 1. The second kappa shape index (κ2) is 5.16. The molecule has 0 radical (unpaired) electrons. The van der Waals surface area contributed by atoms with Crippen LogP contribution in [0.5, 0.6) is 5.75 Å². The highest BCUT2D eigenvalue weighted by atomic mass is 16.3. The second-order valence-corrected chi connectivity index (χ2v) is 6.68. The lowest BCUT2D eigenvalue weighted by molar-refractivity contribution is 0.249. The van der Waals surface area contributed by atoms with Crippen LogP contribution in [0.2, 0.25) is 0 Å². The molecule has 1 aromatic carbocycles. The molecule has 1 aromatic rings. The molecule has 2 fully saturated rings. The minimum absolute atomic E-state index is 0.371. The normalized spacial score (nSPS) is 32.3. The summed E-state index contributed by atoms with van der Waals surface area (Å²) in [5.74, 6) is 2.40. The van der Waals surface area contributed by atoms with Gasteiger partial charge >= 0.3 is 0 Å². The molecule has 2 nitrogen and oxygen atoms in total. The molecule has 19 heavy (non-hydrogen) atoms. The average molecular weight is 259 g/mol. The number of benzene rings is 1. The molecule has 2 N–H and O–H groups in total. The van der Waals surface area contributed by atoms with Crippen LogP contribution >= 0.6 is 0 Å². The van der Waals surface area contributed by atoms with Gasteiger partial charge in [0, 0.05) is 6.54 Å². The molecule has 0 bridgehead atoms. The first-order chi connectivity index (χ1) is 9.21. The lowest BCUT2D eigenvalue weighted by Crippen LogP contribution is -2.35. The van der Waals surface area contributed by atoms with Crippen LogP contribution in [-0.2, 0) is 6.42 Å². The maximum absolute atomic E-state index is 9.39. The Bertz CT molecular complexity index is 415. The fourth-order valence-corrected chi connectivity index (χ4v) is 3.93. The number of phenols is 1. The Balaban J connectivity index is 1.67. The van der Waals surface area contributed by atoms with Crippen LogP contribution in [0.15, 0.2) is 24.3 Å². The van der Waals surface area contributed by atoms with E-state index < -0.39 is 0 Å². The van der Waals surface area contributed by atoms with Crippen molar-refractivity contribution in [3.63, 3.8) is 0 Å². The van der Waals surface area contributed by atoms with Gasteiger partial charge in [0.25, 0.3) is 0 Å². The molecule has 2 aliphatic rings. The van der Waals surface area contributed by atoms with Crippen molar-refractivity contribution in [2.75, 3.05) is 13.1 Å². The zero-order valence-corrected chi connectivity index (χ0v) is 11.9. The summed E-state index contributed by atoms with van der Waals surface area (Å²) in [6, 6.07) is 7.80. The summed E-state index contributed by atoms with van der Waals surface area (Å²) in [6.07, 6.45) is 6.65. The molecule has 0 aromatic heterocycles. The van der Waals surface area contributed by atoms with Gasteiger partial charge in [0.2, 0.25) is 0 Å². The topological polar surface area (TPSA) is 32.3 Å². The molecule has 3 rings (SSSR count). The molecule has 0 saturated heterocycles. The standard InChI is InChI=1S/C17H25NO/c1-2-7-18-12-17(10-14-8-15(14)11-17)9-13-3-5-16(19)6-4-13/h3-6,14-15,18-19H,2,7-12H2,1H3. The third-order valence-electron chi connectivity index (χ3n) is 4.90. The summed E-state index contributed by atoms with van der Waals surface area (Å²) in [4.78, 5) is 0. The fraction of sp³-hybridized carbons (Fsp3) is 0.647. The van der Waals surface area contributed by atoms with Crippen LogP contribution in [-0.4, -0.2) is 18.2 Å². The first-order valence-electron chi connectivity index (χ1n) is 7.69. The van der Waals surface area contributed by atoms with Crippen molar-refractivity contribution in [3.8, 4) is 5.75 Å². The summed E-state index contributed by atoms with van der Waals surface area (Å²) in [5, 5.41) is 13.0. The van der Waals surface area contributed by atoms with E-state index in [0.29, 0.717) is 11.2 Å². The van der Waals surface area contributed by atoms with Gasteiger partial charge in [-0.05, 0) is 73.6 Å². The molecule has 2 atom stereocenters. The highest BCUT2D eigenvalue weighted by Gasteiger charge is 2.53. The quantitative estimate of drug-likeness (QED) is 0.768. The Kier molecular flexibility index (Phi) is 3.53. The van der Waals surface area contributed by atoms with E-state index in [-0.39, 0.29) is 0 Å². The predicted molar refractivity (Wildman–Crippen MR) is 78.2 cm³/mol.